The maximum atomic E-state index is 12.5. The number of nitrogens with one attached hydrogen (secondary N) is 1. The van der Waals surface area contributed by atoms with Crippen LogP contribution in [0.25, 0.3) is 10.4 Å². The third-order valence-electron chi connectivity index (χ3n) is 5.11. The monoisotopic (exact) mass is 386 g/mol. The van der Waals surface area contributed by atoms with Gasteiger partial charge in [0.05, 0.1) is 4.88 Å². The maximum Gasteiger partial charge on any atom is 0.261 e. The molecule has 1 unspecified atom stereocenters. The zero-order valence-corrected chi connectivity index (χ0v) is 16.5. The highest BCUT2D eigenvalue weighted by atomic mass is 32.1. The zero-order chi connectivity index (χ0) is 18.6. The fourth-order valence-electron chi connectivity index (χ4n) is 3.72. The lowest BCUT2D eigenvalue weighted by Crippen LogP contribution is -2.40. The van der Waals surface area contributed by atoms with Crippen LogP contribution in [0.2, 0.25) is 0 Å². The minimum atomic E-state index is 0.00820. The summed E-state index contributed by atoms with van der Waals surface area (Å²) in [5, 5.41) is 3.06. The summed E-state index contributed by atoms with van der Waals surface area (Å²) in [4.78, 5) is 16.7. The number of amides is 1. The van der Waals surface area contributed by atoms with Gasteiger partial charge in [0.2, 0.25) is 0 Å². The van der Waals surface area contributed by atoms with Crippen LogP contribution < -0.4 is 14.8 Å². The van der Waals surface area contributed by atoms with Crippen molar-refractivity contribution in [2.45, 2.75) is 19.8 Å². The van der Waals surface area contributed by atoms with E-state index in [1.807, 2.05) is 30.3 Å². The number of carbonyl (C=O) groups excluding carboxylic acids is 1. The van der Waals surface area contributed by atoms with Gasteiger partial charge in [0.1, 0.15) is 13.2 Å². The van der Waals surface area contributed by atoms with E-state index in [9.17, 15) is 4.79 Å². The van der Waals surface area contributed by atoms with Crippen molar-refractivity contribution in [1.82, 2.24) is 10.2 Å². The van der Waals surface area contributed by atoms with E-state index in [0.717, 1.165) is 52.4 Å². The Balaban J connectivity index is 1.34. The molecule has 1 fully saturated rings. The van der Waals surface area contributed by atoms with Gasteiger partial charge in [-0.2, -0.15) is 0 Å². The third kappa shape index (κ3) is 4.45. The number of thiophene rings is 1. The van der Waals surface area contributed by atoms with Gasteiger partial charge in [-0.05, 0) is 61.2 Å². The maximum absolute atomic E-state index is 12.5. The van der Waals surface area contributed by atoms with E-state index in [1.54, 1.807) is 0 Å². The first-order chi connectivity index (χ1) is 13.2. The van der Waals surface area contributed by atoms with Gasteiger partial charge in [-0.1, -0.05) is 6.92 Å². The fraction of sp³-hybridized carbons (Fsp3) is 0.476. The Bertz CT molecular complexity index is 804. The Kier molecular flexibility index (Phi) is 5.64. The first-order valence-electron chi connectivity index (χ1n) is 9.69. The van der Waals surface area contributed by atoms with Crippen molar-refractivity contribution >= 4 is 17.2 Å². The molecule has 1 N–H and O–H groups in total. The molecule has 1 amide bonds. The molecule has 2 aromatic rings. The molecule has 1 aromatic carbocycles. The molecule has 0 saturated carbocycles. The zero-order valence-electron chi connectivity index (χ0n) is 15.7. The molecule has 1 atom stereocenters. The number of nitrogens with zero attached hydrogens (tertiary/aromatic N) is 1. The predicted octanol–water partition coefficient (Wildman–Crippen LogP) is 3.65. The van der Waals surface area contributed by atoms with Crippen LogP contribution in [0, 0.1) is 5.92 Å². The molecule has 2 aliphatic heterocycles. The van der Waals surface area contributed by atoms with E-state index >= 15 is 0 Å². The summed E-state index contributed by atoms with van der Waals surface area (Å²) in [6.45, 7) is 7.38. The third-order valence-corrected chi connectivity index (χ3v) is 6.24. The van der Waals surface area contributed by atoms with E-state index in [2.05, 4.69) is 17.1 Å². The number of piperidine rings is 1. The second-order valence-corrected chi connectivity index (χ2v) is 8.41. The molecule has 5 nitrogen and oxygen atoms in total. The van der Waals surface area contributed by atoms with Crippen LogP contribution in [-0.4, -0.2) is 50.2 Å². The Morgan fingerprint density at radius 3 is 2.93 bits per heavy atom. The molecular formula is C21H26N2O3S. The van der Waals surface area contributed by atoms with Gasteiger partial charge < -0.3 is 19.7 Å². The van der Waals surface area contributed by atoms with Crippen LogP contribution in [0.15, 0.2) is 30.3 Å². The molecule has 27 heavy (non-hydrogen) atoms. The quantitative estimate of drug-likeness (QED) is 0.852. The normalized spacial score (nSPS) is 19.7. The first-order valence-corrected chi connectivity index (χ1v) is 10.5. The summed E-state index contributed by atoms with van der Waals surface area (Å²) in [6.07, 6.45) is 2.58. The second-order valence-electron chi connectivity index (χ2n) is 7.33. The number of hydrogen-bond donors (Lipinski definition) is 1. The highest BCUT2D eigenvalue weighted by Gasteiger charge is 2.17. The average molecular weight is 387 g/mol. The van der Waals surface area contributed by atoms with Crippen molar-refractivity contribution < 1.29 is 14.3 Å². The second kappa shape index (κ2) is 8.31. The lowest BCUT2D eigenvalue weighted by molar-refractivity contribution is 0.0948. The summed E-state index contributed by atoms with van der Waals surface area (Å²) < 4.78 is 11.2. The summed E-state index contributed by atoms with van der Waals surface area (Å²) in [5.41, 5.74) is 1.05. The molecule has 0 bridgehead atoms. The average Bonchev–Trinajstić information content (AvgIpc) is 3.18. The van der Waals surface area contributed by atoms with E-state index in [1.165, 1.54) is 24.2 Å². The SMILES string of the molecule is CC1CCCN(CCNC(=O)c2ccc(-c3ccc4c(c3)OCCO4)s2)C1. The van der Waals surface area contributed by atoms with Gasteiger partial charge in [0.15, 0.2) is 11.5 Å². The number of ether oxygens (including phenoxy) is 2. The lowest BCUT2D eigenvalue weighted by atomic mass is 10.0. The Morgan fingerprint density at radius 1 is 1.22 bits per heavy atom. The molecule has 1 aromatic heterocycles. The Hall–Kier alpha value is -2.05. The molecule has 0 spiro atoms. The molecule has 144 valence electrons. The van der Waals surface area contributed by atoms with Crippen LogP contribution in [-0.2, 0) is 0 Å². The molecule has 0 radical (unpaired) electrons. The number of rotatable bonds is 5. The van der Waals surface area contributed by atoms with Gasteiger partial charge in [-0.25, -0.2) is 0 Å². The largest absolute Gasteiger partial charge is 0.486 e. The van der Waals surface area contributed by atoms with Gasteiger partial charge in [0, 0.05) is 24.5 Å². The minimum absolute atomic E-state index is 0.00820. The van der Waals surface area contributed by atoms with E-state index in [4.69, 9.17) is 9.47 Å². The van der Waals surface area contributed by atoms with Crippen molar-refractivity contribution in [3.05, 3.63) is 35.2 Å². The molecular weight excluding hydrogens is 360 g/mol. The van der Waals surface area contributed by atoms with Crippen molar-refractivity contribution in [1.29, 1.82) is 0 Å². The number of hydrogen-bond acceptors (Lipinski definition) is 5. The van der Waals surface area contributed by atoms with Gasteiger partial charge in [-0.15, -0.1) is 11.3 Å². The highest BCUT2D eigenvalue weighted by molar-refractivity contribution is 7.17. The standard InChI is InChI=1S/C21H26N2O3S/c1-15-3-2-9-23(14-15)10-8-22-21(24)20-7-6-19(27-20)16-4-5-17-18(13-16)26-12-11-25-17/h4-7,13,15H,2-3,8-12,14H2,1H3,(H,22,24). The Morgan fingerprint density at radius 2 is 2.07 bits per heavy atom. The van der Waals surface area contributed by atoms with Crippen LogP contribution in [0.3, 0.4) is 0 Å². The topological polar surface area (TPSA) is 50.8 Å². The Labute approximate surface area is 164 Å². The van der Waals surface area contributed by atoms with Crippen molar-refractivity contribution in [2.75, 3.05) is 39.4 Å². The summed E-state index contributed by atoms with van der Waals surface area (Å²) in [7, 11) is 0. The van der Waals surface area contributed by atoms with Crippen LogP contribution in [0.4, 0.5) is 0 Å². The smallest absolute Gasteiger partial charge is 0.261 e. The van der Waals surface area contributed by atoms with Crippen molar-refractivity contribution in [3.8, 4) is 21.9 Å². The van der Waals surface area contributed by atoms with Crippen molar-refractivity contribution in [3.63, 3.8) is 0 Å². The molecule has 2 aliphatic rings. The lowest BCUT2D eigenvalue weighted by Gasteiger charge is -2.30. The van der Waals surface area contributed by atoms with Gasteiger partial charge in [-0.3, -0.25) is 4.79 Å². The van der Waals surface area contributed by atoms with Crippen LogP contribution in [0.5, 0.6) is 11.5 Å². The van der Waals surface area contributed by atoms with Crippen LogP contribution in [0.1, 0.15) is 29.4 Å². The number of carbonyl (C=O) groups is 1. The minimum Gasteiger partial charge on any atom is -0.486 e. The van der Waals surface area contributed by atoms with Gasteiger partial charge in [0.25, 0.3) is 5.91 Å². The molecule has 3 heterocycles. The number of fused-ring (bicyclic) bond motifs is 1. The van der Waals surface area contributed by atoms with Crippen LogP contribution >= 0.6 is 11.3 Å². The first kappa shape index (κ1) is 18.3. The number of benzene rings is 1. The summed E-state index contributed by atoms with van der Waals surface area (Å²) >= 11 is 1.51. The van der Waals surface area contributed by atoms with E-state index in [0.29, 0.717) is 19.8 Å². The molecule has 4 rings (SSSR count). The summed E-state index contributed by atoms with van der Waals surface area (Å²) in [5.74, 6) is 2.33. The molecule has 0 aliphatic carbocycles. The van der Waals surface area contributed by atoms with E-state index in [-0.39, 0.29) is 5.91 Å². The fourth-order valence-corrected chi connectivity index (χ4v) is 4.63. The van der Waals surface area contributed by atoms with Crippen molar-refractivity contribution in [2.24, 2.45) is 5.92 Å². The summed E-state index contributed by atoms with van der Waals surface area (Å²) in [6, 6.07) is 9.83. The molecule has 6 heteroatoms. The molecule has 1 saturated heterocycles. The highest BCUT2D eigenvalue weighted by Crippen LogP contribution is 2.36. The van der Waals surface area contributed by atoms with Gasteiger partial charge >= 0.3 is 0 Å². The predicted molar refractivity (Wildman–Crippen MR) is 108 cm³/mol. The van der Waals surface area contributed by atoms with E-state index < -0.39 is 0 Å². The number of likely N-dealkylation sites (tertiary alicyclic amines) is 1.